The van der Waals surface area contributed by atoms with E-state index in [2.05, 4.69) is 43.3 Å². The Labute approximate surface area is 114 Å². The van der Waals surface area contributed by atoms with Crippen molar-refractivity contribution in [2.45, 2.75) is 12.8 Å². The van der Waals surface area contributed by atoms with Crippen LogP contribution >= 0.6 is 0 Å². The first kappa shape index (κ1) is 6.09. The summed E-state index contributed by atoms with van der Waals surface area (Å²) >= 11 is 0. The van der Waals surface area contributed by atoms with Crippen LogP contribution in [-0.4, -0.2) is 7.11 Å². The molecule has 0 radical (unpaired) electrons. The summed E-state index contributed by atoms with van der Waals surface area (Å²) in [5.41, 5.74) is 2.61. The molecule has 1 unspecified atom stereocenters. The van der Waals surface area contributed by atoms with Crippen molar-refractivity contribution in [3.05, 3.63) is 65.7 Å². The Morgan fingerprint density at radius 1 is 1.00 bits per heavy atom. The number of benzene rings is 2. The molecule has 0 aromatic heterocycles. The SMILES string of the molecule is COc1cccc(C(C)c2ccccc2)c1.[2HH].[2H][2H].[2H][2H].[2H][2H].[2H][2H].[2H][2H]. The standard InChI is InChI=1S/C15H16O.6H2/c1-12(13-7-4-3-5-8-13)14-9-6-10-15(11-14)16-2;;;;;;/h3-12H,1-2H3;6*1H/i;5*1+1D;1+1. The molecule has 0 N–H and O–H groups in total. The number of ether oxygens (including phenoxy) is 1. The Morgan fingerprint density at radius 2 is 1.69 bits per heavy atom. The molecule has 1 heteroatoms. The highest BCUT2D eigenvalue weighted by molar-refractivity contribution is 5.36. The van der Waals surface area contributed by atoms with Crippen molar-refractivity contribution in [3.63, 3.8) is 0 Å². The van der Waals surface area contributed by atoms with E-state index in [9.17, 15) is 0 Å². The van der Waals surface area contributed by atoms with Crippen molar-refractivity contribution >= 4 is 0 Å². The first-order valence-electron chi connectivity index (χ1n) is 10.5. The predicted molar refractivity (Wildman–Crippen MR) is 79.6 cm³/mol. The quantitative estimate of drug-likeness (QED) is 0.699. The fourth-order valence-electron chi connectivity index (χ4n) is 1.85. The molecule has 16 heavy (non-hydrogen) atoms. The number of methoxy groups -OCH3 is 1. The summed E-state index contributed by atoms with van der Waals surface area (Å²) in [5.74, 6) is 1.32. The van der Waals surface area contributed by atoms with Crippen LogP contribution < -0.4 is 4.74 Å². The lowest BCUT2D eigenvalue weighted by atomic mass is 9.93. The van der Waals surface area contributed by atoms with Gasteiger partial charge in [-0.05, 0) is 23.3 Å². The zero-order chi connectivity index (χ0) is 21.4. The summed E-state index contributed by atoms with van der Waals surface area (Å²) in [6, 6.07) is 18.8. The topological polar surface area (TPSA) is 9.23 Å². The van der Waals surface area contributed by atoms with Crippen molar-refractivity contribution in [1.82, 2.24) is 0 Å². The molecule has 0 fully saturated rings. The molecule has 0 saturated heterocycles. The van der Waals surface area contributed by atoms with Gasteiger partial charge >= 0.3 is 0 Å². The summed E-state index contributed by atoms with van der Waals surface area (Å²) in [6.45, 7) is 2.21. The fraction of sp³-hybridized carbons (Fsp3) is 0.200. The van der Waals surface area contributed by atoms with Gasteiger partial charge in [-0.2, -0.15) is 0 Å². The van der Waals surface area contributed by atoms with Gasteiger partial charge in [-0.15, -0.1) is 0 Å². The molecule has 2 aromatic rings. The molecule has 0 amide bonds. The van der Waals surface area contributed by atoms with Crippen molar-refractivity contribution < 1.29 is 21.0 Å². The maximum atomic E-state index is 5.24. The number of hydrogen-bond donors (Lipinski definition) is 0. The predicted octanol–water partition coefficient (Wildman–Crippen LogP) is 5.32. The van der Waals surface area contributed by atoms with Crippen LogP contribution in [0.5, 0.6) is 5.75 Å². The van der Waals surface area contributed by atoms with Crippen LogP contribution in [0.25, 0.3) is 0 Å². The first-order valence-corrected chi connectivity index (χ1v) is 5.50. The molecule has 1 atom stereocenters. The molecule has 0 saturated carbocycles. The van der Waals surface area contributed by atoms with E-state index >= 15 is 0 Å². The fourth-order valence-corrected chi connectivity index (χ4v) is 1.85. The smallest absolute Gasteiger partial charge is 0.119 e. The molecule has 0 bridgehead atoms. The van der Waals surface area contributed by atoms with Crippen LogP contribution in [0.1, 0.15) is 40.2 Å². The largest absolute Gasteiger partial charge is 0.497 e. The van der Waals surface area contributed by atoms with Crippen LogP contribution in [0.4, 0.5) is 0 Å². The average Bonchev–Trinajstić information content (AvgIpc) is 2.80. The van der Waals surface area contributed by atoms with Gasteiger partial charge in [0, 0.05) is 22.2 Å². The van der Waals surface area contributed by atoms with E-state index in [0.29, 0.717) is 5.92 Å². The summed E-state index contributed by atoms with van der Waals surface area (Å²) < 4.78 is 55.2. The monoisotopic (exact) mass is 235 g/mol. The van der Waals surface area contributed by atoms with E-state index in [-0.39, 0.29) is 1.43 Å². The van der Waals surface area contributed by atoms with E-state index in [1.54, 1.807) is 7.11 Å². The molecule has 0 aliphatic rings. The summed E-state index contributed by atoms with van der Waals surface area (Å²) in [6.07, 6.45) is 0. The van der Waals surface area contributed by atoms with Crippen LogP contribution in [0, 0.1) is 0 Å². The molecule has 0 aliphatic heterocycles. The van der Waals surface area contributed by atoms with Crippen LogP contribution in [-0.2, 0) is 0 Å². The normalized spacial score (nSPS) is 14.6. The van der Waals surface area contributed by atoms with E-state index in [1.807, 2.05) is 18.2 Å². The Hall–Kier alpha value is -1.76. The van der Waals surface area contributed by atoms with Gasteiger partial charge in [-0.3, -0.25) is 0 Å². The maximum absolute atomic E-state index is 5.24. The number of rotatable bonds is 3. The highest BCUT2D eigenvalue weighted by Gasteiger charge is 2.08. The third-order valence-corrected chi connectivity index (χ3v) is 2.89. The molecular formula is C15H28O. The minimum atomic E-state index is 0. The lowest BCUT2D eigenvalue weighted by molar-refractivity contribution is 0.414. The van der Waals surface area contributed by atoms with Gasteiger partial charge in [0.2, 0.25) is 0 Å². The highest BCUT2D eigenvalue weighted by atomic mass is 16.5. The van der Waals surface area contributed by atoms with Gasteiger partial charge in [-0.1, -0.05) is 49.4 Å². The molecule has 0 heterocycles. The van der Waals surface area contributed by atoms with E-state index in [4.69, 9.17) is 19.6 Å². The first-order chi connectivity index (χ1) is 12.8. The maximum Gasteiger partial charge on any atom is 0.119 e. The minimum absolute atomic E-state index is 0. The second-order valence-electron chi connectivity index (χ2n) is 3.91. The lowest BCUT2D eigenvalue weighted by Gasteiger charge is -2.13. The lowest BCUT2D eigenvalue weighted by Crippen LogP contribution is -1.96. The van der Waals surface area contributed by atoms with Crippen molar-refractivity contribution in [3.8, 4) is 5.75 Å². The summed E-state index contributed by atoms with van der Waals surface area (Å²) in [7, 11) is 1.70. The summed E-state index contributed by atoms with van der Waals surface area (Å²) in [5, 5.41) is 0. The second kappa shape index (κ2) is 4.84. The minimum Gasteiger partial charge on any atom is -0.497 e. The molecule has 0 spiro atoms. The van der Waals surface area contributed by atoms with Gasteiger partial charge in [-0.25, -0.2) is 0 Å². The molecule has 0 aliphatic carbocycles. The van der Waals surface area contributed by atoms with E-state index in [1.165, 1.54) is 11.1 Å². The Morgan fingerprint density at radius 3 is 2.38 bits per heavy atom. The molecule has 2 aromatic carbocycles. The third-order valence-electron chi connectivity index (χ3n) is 2.89. The molecule has 2 rings (SSSR count). The van der Waals surface area contributed by atoms with Gasteiger partial charge < -0.3 is 4.74 Å². The van der Waals surface area contributed by atoms with Crippen LogP contribution in [0.15, 0.2) is 54.6 Å². The van der Waals surface area contributed by atoms with E-state index < -0.39 is 0 Å². The van der Waals surface area contributed by atoms with Gasteiger partial charge in [0.05, 0.1) is 7.11 Å². The van der Waals surface area contributed by atoms with Crippen molar-refractivity contribution in [2.75, 3.05) is 7.11 Å². The third kappa shape index (κ3) is 2.25. The average molecular weight is 235 g/mol. The van der Waals surface area contributed by atoms with Crippen molar-refractivity contribution in [2.24, 2.45) is 0 Å². The van der Waals surface area contributed by atoms with Gasteiger partial charge in [0.1, 0.15) is 5.75 Å². The molecule has 94 valence electrons. The summed E-state index contributed by atoms with van der Waals surface area (Å²) in [4.78, 5) is 0. The zero-order valence-corrected chi connectivity index (χ0v) is 9.68. The van der Waals surface area contributed by atoms with Gasteiger partial charge in [0.25, 0.3) is 0 Å². The van der Waals surface area contributed by atoms with Crippen molar-refractivity contribution in [1.29, 1.82) is 0 Å². The van der Waals surface area contributed by atoms with Gasteiger partial charge in [0.15, 0.2) is 0 Å². The van der Waals surface area contributed by atoms with Crippen LogP contribution in [0.3, 0.4) is 0 Å². The zero-order valence-electron chi connectivity index (χ0n) is 19.7. The Bertz CT molecular complexity index is 474. The second-order valence-corrected chi connectivity index (χ2v) is 3.91. The number of hydrogen-bond acceptors (Lipinski definition) is 1. The molecule has 1 nitrogen and oxygen atoms in total. The van der Waals surface area contributed by atoms with E-state index in [0.717, 1.165) is 5.75 Å². The Kier molecular flexibility index (Phi) is 1.84. The Balaban J connectivity index is -0.000000128. The molecular weight excluding hydrogens is 196 g/mol. The van der Waals surface area contributed by atoms with Crippen LogP contribution in [0.2, 0.25) is 0 Å². The highest BCUT2D eigenvalue weighted by Crippen LogP contribution is 2.26.